The number of aromatic nitrogens is 2. The number of aryl methyl sites for hydroxylation is 1. The maximum absolute atomic E-state index is 12.6. The Labute approximate surface area is 184 Å². The fourth-order valence-corrected chi connectivity index (χ4v) is 4.68. The summed E-state index contributed by atoms with van der Waals surface area (Å²) in [4.78, 5) is 12.6. The van der Waals surface area contributed by atoms with Crippen LogP contribution < -0.4 is 5.32 Å². The van der Waals surface area contributed by atoms with E-state index in [0.717, 1.165) is 31.1 Å². The lowest BCUT2D eigenvalue weighted by molar-refractivity contribution is 0.0998. The van der Waals surface area contributed by atoms with Gasteiger partial charge in [-0.05, 0) is 30.7 Å². The van der Waals surface area contributed by atoms with Crippen molar-refractivity contribution in [1.82, 2.24) is 10.2 Å². The van der Waals surface area contributed by atoms with Crippen molar-refractivity contribution in [2.24, 2.45) is 0 Å². The Balaban J connectivity index is 1.38. The summed E-state index contributed by atoms with van der Waals surface area (Å²) < 4.78 is 7.44. The number of halogens is 1. The van der Waals surface area contributed by atoms with Gasteiger partial charge in [-0.1, -0.05) is 81.5 Å². The zero-order valence-electron chi connectivity index (χ0n) is 15.4. The first-order valence-electron chi connectivity index (χ1n) is 8.78. The number of nitrogens with zero attached hydrogens (tertiary/aromatic N) is 2. The van der Waals surface area contributed by atoms with Crippen molar-refractivity contribution in [1.29, 1.82) is 0 Å². The molecule has 2 heterocycles. The molecule has 0 unspecified atom stereocenters. The topological polar surface area (TPSA) is 68.0 Å². The zero-order chi connectivity index (χ0) is 20.2. The molecule has 29 heavy (non-hydrogen) atoms. The number of thioether (sulfide) groups is 1. The minimum absolute atomic E-state index is 0.285. The highest BCUT2D eigenvalue weighted by molar-refractivity contribution is 9.10. The maximum Gasteiger partial charge on any atom is 0.293 e. The van der Waals surface area contributed by atoms with Crippen LogP contribution in [0, 0.1) is 6.92 Å². The third kappa shape index (κ3) is 4.77. The van der Waals surface area contributed by atoms with Gasteiger partial charge in [-0.15, -0.1) is 10.2 Å². The van der Waals surface area contributed by atoms with E-state index in [-0.39, 0.29) is 11.7 Å². The van der Waals surface area contributed by atoms with E-state index in [1.54, 1.807) is 11.8 Å². The summed E-state index contributed by atoms with van der Waals surface area (Å²) in [5, 5.41) is 12.3. The number of carbonyl (C=O) groups excluding carboxylic acids is 1. The van der Waals surface area contributed by atoms with E-state index in [1.165, 1.54) is 11.3 Å². The molecular formula is C21H16BrN3O2S2. The lowest BCUT2D eigenvalue weighted by atomic mass is 10.1. The van der Waals surface area contributed by atoms with E-state index in [2.05, 4.69) is 55.7 Å². The molecule has 0 aliphatic carbocycles. The lowest BCUT2D eigenvalue weighted by Gasteiger charge is -1.98. The van der Waals surface area contributed by atoms with Crippen LogP contribution in [0.5, 0.6) is 0 Å². The van der Waals surface area contributed by atoms with E-state index >= 15 is 0 Å². The highest BCUT2D eigenvalue weighted by Crippen LogP contribution is 2.30. The summed E-state index contributed by atoms with van der Waals surface area (Å²) in [7, 11) is 0. The van der Waals surface area contributed by atoms with E-state index < -0.39 is 0 Å². The number of rotatable bonds is 6. The molecule has 0 fully saturated rings. The van der Waals surface area contributed by atoms with Gasteiger partial charge in [-0.2, -0.15) is 0 Å². The van der Waals surface area contributed by atoms with Crippen LogP contribution in [0.25, 0.3) is 17.0 Å². The molecule has 146 valence electrons. The number of amides is 1. The average Bonchev–Trinajstić information content (AvgIpc) is 3.30. The Morgan fingerprint density at radius 3 is 2.90 bits per heavy atom. The van der Waals surface area contributed by atoms with Crippen molar-refractivity contribution in [3.63, 3.8) is 0 Å². The second-order valence-electron chi connectivity index (χ2n) is 6.15. The molecule has 0 atom stereocenters. The summed E-state index contributed by atoms with van der Waals surface area (Å²) in [5.41, 5.74) is 2.63. The van der Waals surface area contributed by atoms with Gasteiger partial charge in [0.15, 0.2) is 10.1 Å². The third-order valence-corrected chi connectivity index (χ3v) is 6.56. The molecule has 0 saturated heterocycles. The Bertz CT molecular complexity index is 1190. The highest BCUT2D eigenvalue weighted by atomic mass is 79.9. The summed E-state index contributed by atoms with van der Waals surface area (Å²) >= 11 is 6.33. The van der Waals surface area contributed by atoms with Crippen molar-refractivity contribution in [2.75, 3.05) is 11.1 Å². The van der Waals surface area contributed by atoms with Crippen molar-refractivity contribution >= 4 is 67.1 Å². The van der Waals surface area contributed by atoms with Crippen LogP contribution in [0.2, 0.25) is 0 Å². The molecule has 4 aromatic rings. The standard InChI is InChI=1S/C21H16BrN3O2S2/c1-13-16-10-9-15(22)12-17(16)27-18(13)19(26)23-20-24-25-21(29-20)28-11-5-8-14-6-3-2-4-7-14/h2-10,12H,11H2,1H3,(H,23,24,26)/b8-5+. The molecule has 0 aliphatic rings. The van der Waals surface area contributed by atoms with Crippen molar-refractivity contribution in [3.8, 4) is 0 Å². The lowest BCUT2D eigenvalue weighted by Crippen LogP contribution is -2.11. The number of hydrogen-bond acceptors (Lipinski definition) is 6. The van der Waals surface area contributed by atoms with Gasteiger partial charge in [0.25, 0.3) is 5.91 Å². The van der Waals surface area contributed by atoms with Crippen molar-refractivity contribution < 1.29 is 9.21 Å². The zero-order valence-corrected chi connectivity index (χ0v) is 18.6. The minimum Gasteiger partial charge on any atom is -0.451 e. The van der Waals surface area contributed by atoms with E-state index in [0.29, 0.717) is 10.7 Å². The van der Waals surface area contributed by atoms with Crippen LogP contribution in [-0.2, 0) is 0 Å². The van der Waals surface area contributed by atoms with Crippen molar-refractivity contribution in [3.05, 3.63) is 76.0 Å². The number of benzene rings is 2. The third-order valence-electron chi connectivity index (χ3n) is 4.15. The van der Waals surface area contributed by atoms with Crippen LogP contribution in [0.1, 0.15) is 21.7 Å². The summed E-state index contributed by atoms with van der Waals surface area (Å²) in [6.07, 6.45) is 4.15. The number of anilines is 1. The van der Waals surface area contributed by atoms with Gasteiger partial charge < -0.3 is 4.42 Å². The number of fused-ring (bicyclic) bond motifs is 1. The van der Waals surface area contributed by atoms with E-state index in [4.69, 9.17) is 4.42 Å². The fraction of sp³-hybridized carbons (Fsp3) is 0.0952. The summed E-state index contributed by atoms with van der Waals surface area (Å²) in [6, 6.07) is 15.8. The molecule has 0 radical (unpaired) electrons. The predicted octanol–water partition coefficient (Wildman–Crippen LogP) is 6.41. The van der Waals surface area contributed by atoms with E-state index in [9.17, 15) is 4.79 Å². The molecule has 2 aromatic heterocycles. The monoisotopic (exact) mass is 485 g/mol. The van der Waals surface area contributed by atoms with Crippen LogP contribution in [0.4, 0.5) is 5.13 Å². The molecule has 0 bridgehead atoms. The molecule has 5 nitrogen and oxygen atoms in total. The molecule has 1 N–H and O–H groups in total. The molecule has 8 heteroatoms. The molecule has 4 rings (SSSR count). The normalized spacial score (nSPS) is 11.4. The largest absolute Gasteiger partial charge is 0.451 e. The fourth-order valence-electron chi connectivity index (χ4n) is 2.76. The number of hydrogen-bond donors (Lipinski definition) is 1. The SMILES string of the molecule is Cc1c(C(=O)Nc2nnc(SC/C=C/c3ccccc3)s2)oc2cc(Br)ccc12. The Morgan fingerprint density at radius 2 is 2.07 bits per heavy atom. The molecule has 0 saturated carbocycles. The second kappa shape index (κ2) is 8.94. The Kier molecular flexibility index (Phi) is 6.13. The average molecular weight is 486 g/mol. The minimum atomic E-state index is -0.327. The molecule has 0 spiro atoms. The molecule has 2 aromatic carbocycles. The van der Waals surface area contributed by atoms with Gasteiger partial charge in [0.05, 0.1) is 0 Å². The molecule has 0 aliphatic heterocycles. The first kappa shape index (κ1) is 19.9. The summed E-state index contributed by atoms with van der Waals surface area (Å²) in [5.74, 6) is 0.731. The van der Waals surface area contributed by atoms with Gasteiger partial charge in [-0.3, -0.25) is 10.1 Å². The van der Waals surface area contributed by atoms with Crippen molar-refractivity contribution in [2.45, 2.75) is 11.3 Å². The van der Waals surface area contributed by atoms with Gasteiger partial charge in [0.2, 0.25) is 5.13 Å². The van der Waals surface area contributed by atoms with Gasteiger partial charge in [0, 0.05) is 21.2 Å². The Hall–Kier alpha value is -2.42. The van der Waals surface area contributed by atoms with Crippen LogP contribution in [0.3, 0.4) is 0 Å². The first-order chi connectivity index (χ1) is 14.1. The van der Waals surface area contributed by atoms with Gasteiger partial charge in [-0.25, -0.2) is 0 Å². The van der Waals surface area contributed by atoms with Gasteiger partial charge in [0.1, 0.15) is 5.58 Å². The molecule has 1 amide bonds. The predicted molar refractivity (Wildman–Crippen MR) is 123 cm³/mol. The number of furan rings is 1. The number of nitrogens with one attached hydrogen (secondary N) is 1. The number of carbonyl (C=O) groups is 1. The molecular weight excluding hydrogens is 470 g/mol. The Morgan fingerprint density at radius 1 is 1.24 bits per heavy atom. The smallest absolute Gasteiger partial charge is 0.293 e. The van der Waals surface area contributed by atoms with Crippen LogP contribution in [0.15, 0.2) is 67.8 Å². The summed E-state index contributed by atoms with van der Waals surface area (Å²) in [6.45, 7) is 1.87. The van der Waals surface area contributed by atoms with Crippen LogP contribution in [-0.4, -0.2) is 21.9 Å². The maximum atomic E-state index is 12.6. The second-order valence-corrected chi connectivity index (χ2v) is 9.31. The first-order valence-corrected chi connectivity index (χ1v) is 11.4. The quantitative estimate of drug-likeness (QED) is 0.252. The van der Waals surface area contributed by atoms with Crippen LogP contribution >= 0.6 is 39.0 Å². The van der Waals surface area contributed by atoms with E-state index in [1.807, 2.05) is 43.3 Å². The highest BCUT2D eigenvalue weighted by Gasteiger charge is 2.19. The van der Waals surface area contributed by atoms with Gasteiger partial charge >= 0.3 is 0 Å².